The summed E-state index contributed by atoms with van der Waals surface area (Å²) >= 11 is 1.74. The van der Waals surface area contributed by atoms with Gasteiger partial charge >= 0.3 is 0 Å². The van der Waals surface area contributed by atoms with Gasteiger partial charge in [0.15, 0.2) is 0 Å². The van der Waals surface area contributed by atoms with Crippen molar-refractivity contribution >= 4 is 17.2 Å². The number of thiophene rings is 1. The molecule has 0 aliphatic carbocycles. The van der Waals surface area contributed by atoms with Gasteiger partial charge in [0.25, 0.3) is 5.91 Å². The summed E-state index contributed by atoms with van der Waals surface area (Å²) in [6.45, 7) is 2.85. The van der Waals surface area contributed by atoms with Crippen molar-refractivity contribution in [1.82, 2.24) is 14.4 Å². The molecule has 0 N–H and O–H groups in total. The first kappa shape index (κ1) is 15.9. The Balaban J connectivity index is 1.54. The van der Waals surface area contributed by atoms with Crippen molar-refractivity contribution in [3.05, 3.63) is 46.4 Å². The van der Waals surface area contributed by atoms with Crippen LogP contribution in [0, 0.1) is 0 Å². The first-order valence-electron chi connectivity index (χ1n) is 8.93. The minimum Gasteiger partial charge on any atom is -0.338 e. The van der Waals surface area contributed by atoms with Gasteiger partial charge in [-0.3, -0.25) is 4.79 Å². The van der Waals surface area contributed by atoms with Crippen LogP contribution in [0.3, 0.4) is 0 Å². The molecule has 1 amide bonds. The number of hydrogen-bond donors (Lipinski definition) is 0. The molecule has 24 heavy (non-hydrogen) atoms. The Morgan fingerprint density at radius 2 is 2.00 bits per heavy atom. The molecular weight excluding hydrogens is 318 g/mol. The highest BCUT2D eigenvalue weighted by Crippen LogP contribution is 2.30. The lowest BCUT2D eigenvalue weighted by Crippen LogP contribution is -2.47. The van der Waals surface area contributed by atoms with E-state index in [-0.39, 0.29) is 5.91 Å². The zero-order valence-corrected chi connectivity index (χ0v) is 15.0. The molecule has 2 fully saturated rings. The van der Waals surface area contributed by atoms with Gasteiger partial charge in [-0.2, -0.15) is 0 Å². The molecule has 0 spiro atoms. The second-order valence-corrected chi connectivity index (χ2v) is 8.03. The molecule has 0 unspecified atom stereocenters. The standard InChI is InChI=1S/C19H25N3OS/c1-20-10-2-7-16(20)17-8-4-12-22(17)19(23)18-9-3-11-21(18)14-15-6-5-13-24-15/h3,5-6,9,11,13,16-17H,2,4,7-8,10,12,14H2,1H3/t16-,17+/m1/s1. The third kappa shape index (κ3) is 2.91. The molecule has 2 aliphatic rings. The van der Waals surface area contributed by atoms with E-state index in [9.17, 15) is 4.79 Å². The molecule has 0 aromatic carbocycles. The monoisotopic (exact) mass is 343 g/mol. The van der Waals surface area contributed by atoms with Gasteiger partial charge in [0, 0.05) is 29.7 Å². The van der Waals surface area contributed by atoms with Crippen LogP contribution >= 0.6 is 11.3 Å². The average Bonchev–Trinajstić information content (AvgIpc) is 3.34. The molecule has 0 radical (unpaired) electrons. The van der Waals surface area contributed by atoms with Crippen LogP contribution in [0.4, 0.5) is 0 Å². The van der Waals surface area contributed by atoms with E-state index in [1.54, 1.807) is 11.3 Å². The van der Waals surface area contributed by atoms with Gasteiger partial charge < -0.3 is 14.4 Å². The van der Waals surface area contributed by atoms with E-state index in [2.05, 4.69) is 38.9 Å². The van der Waals surface area contributed by atoms with Crippen LogP contribution < -0.4 is 0 Å². The fraction of sp³-hybridized carbons (Fsp3) is 0.526. The van der Waals surface area contributed by atoms with Crippen molar-refractivity contribution in [2.45, 2.75) is 44.3 Å². The maximum Gasteiger partial charge on any atom is 0.270 e. The molecule has 0 saturated carbocycles. The minimum absolute atomic E-state index is 0.208. The molecule has 128 valence electrons. The van der Waals surface area contributed by atoms with E-state index >= 15 is 0 Å². The SMILES string of the molecule is CN1CCC[C@@H]1[C@@H]1CCCN1C(=O)c1cccn1Cc1cccs1. The Morgan fingerprint density at radius 1 is 1.17 bits per heavy atom. The number of nitrogens with zero attached hydrogens (tertiary/aromatic N) is 3. The van der Waals surface area contributed by atoms with Gasteiger partial charge in [-0.15, -0.1) is 11.3 Å². The smallest absolute Gasteiger partial charge is 0.270 e. The lowest BCUT2D eigenvalue weighted by atomic mass is 10.0. The predicted molar refractivity (Wildman–Crippen MR) is 97.6 cm³/mol. The molecule has 2 atom stereocenters. The molecule has 4 heterocycles. The maximum atomic E-state index is 13.2. The first-order valence-corrected chi connectivity index (χ1v) is 9.81. The normalized spacial score (nSPS) is 24.8. The third-order valence-corrected chi connectivity index (χ3v) is 6.40. The Hall–Kier alpha value is -1.59. The maximum absolute atomic E-state index is 13.2. The van der Waals surface area contributed by atoms with Crippen molar-refractivity contribution in [1.29, 1.82) is 0 Å². The molecule has 4 nitrogen and oxygen atoms in total. The molecule has 5 heteroatoms. The van der Waals surface area contributed by atoms with Gasteiger partial charge in [-0.1, -0.05) is 6.07 Å². The molecule has 2 aromatic rings. The number of rotatable bonds is 4. The Morgan fingerprint density at radius 3 is 2.75 bits per heavy atom. The van der Waals surface area contributed by atoms with Crippen LogP contribution in [0.2, 0.25) is 0 Å². The first-order chi connectivity index (χ1) is 11.7. The second kappa shape index (κ2) is 6.73. The van der Waals surface area contributed by atoms with Crippen molar-refractivity contribution in [2.75, 3.05) is 20.1 Å². The molecule has 2 aliphatic heterocycles. The highest BCUT2D eigenvalue weighted by molar-refractivity contribution is 7.09. The number of amides is 1. The van der Waals surface area contributed by atoms with Crippen molar-refractivity contribution in [3.8, 4) is 0 Å². The van der Waals surface area contributed by atoms with E-state index in [4.69, 9.17) is 0 Å². The molecular formula is C19H25N3OS. The topological polar surface area (TPSA) is 28.5 Å². The fourth-order valence-electron chi connectivity index (χ4n) is 4.33. The van der Waals surface area contributed by atoms with Gasteiger partial charge in [-0.05, 0) is 62.9 Å². The largest absolute Gasteiger partial charge is 0.338 e. The summed E-state index contributed by atoms with van der Waals surface area (Å²) in [4.78, 5) is 19.1. The van der Waals surface area contributed by atoms with Crippen LogP contribution in [-0.4, -0.2) is 52.5 Å². The lowest BCUT2D eigenvalue weighted by molar-refractivity contribution is 0.0654. The van der Waals surface area contributed by atoms with Gasteiger partial charge in [0.1, 0.15) is 5.69 Å². The highest BCUT2D eigenvalue weighted by atomic mass is 32.1. The second-order valence-electron chi connectivity index (χ2n) is 7.00. The quantitative estimate of drug-likeness (QED) is 0.852. The van der Waals surface area contributed by atoms with E-state index < -0.39 is 0 Å². The number of likely N-dealkylation sites (N-methyl/N-ethyl adjacent to an activating group) is 1. The fourth-order valence-corrected chi connectivity index (χ4v) is 5.03. The average molecular weight is 343 g/mol. The van der Waals surface area contributed by atoms with E-state index in [0.29, 0.717) is 12.1 Å². The van der Waals surface area contributed by atoms with Crippen LogP contribution in [0.5, 0.6) is 0 Å². The van der Waals surface area contributed by atoms with Crippen LogP contribution in [0.1, 0.15) is 41.0 Å². The number of hydrogen-bond acceptors (Lipinski definition) is 3. The summed E-state index contributed by atoms with van der Waals surface area (Å²) in [6.07, 6.45) is 6.79. The summed E-state index contributed by atoms with van der Waals surface area (Å²) in [6, 6.07) is 9.09. The summed E-state index contributed by atoms with van der Waals surface area (Å²) in [7, 11) is 2.21. The van der Waals surface area contributed by atoms with E-state index in [0.717, 1.165) is 38.2 Å². The number of likely N-dealkylation sites (tertiary alicyclic amines) is 2. The van der Waals surface area contributed by atoms with Gasteiger partial charge in [0.2, 0.25) is 0 Å². The van der Waals surface area contributed by atoms with Crippen molar-refractivity contribution in [2.24, 2.45) is 0 Å². The van der Waals surface area contributed by atoms with Crippen LogP contribution in [-0.2, 0) is 6.54 Å². The third-order valence-electron chi connectivity index (χ3n) is 5.54. The zero-order chi connectivity index (χ0) is 16.5. The molecule has 4 rings (SSSR count). The highest BCUT2D eigenvalue weighted by Gasteiger charge is 2.39. The lowest BCUT2D eigenvalue weighted by Gasteiger charge is -2.33. The number of carbonyl (C=O) groups is 1. The van der Waals surface area contributed by atoms with E-state index in [1.165, 1.54) is 17.7 Å². The van der Waals surface area contributed by atoms with Crippen LogP contribution in [0.15, 0.2) is 35.8 Å². The Labute approximate surface area is 147 Å². The predicted octanol–water partition coefficient (Wildman–Crippen LogP) is 3.30. The summed E-state index contributed by atoms with van der Waals surface area (Å²) in [5, 5.41) is 2.09. The molecule has 0 bridgehead atoms. The van der Waals surface area contributed by atoms with Crippen molar-refractivity contribution in [3.63, 3.8) is 0 Å². The zero-order valence-electron chi connectivity index (χ0n) is 14.2. The summed E-state index contributed by atoms with van der Waals surface area (Å²) in [5.74, 6) is 0.208. The molecule has 2 saturated heterocycles. The Kier molecular flexibility index (Phi) is 4.46. The van der Waals surface area contributed by atoms with Crippen LogP contribution in [0.25, 0.3) is 0 Å². The van der Waals surface area contributed by atoms with Crippen molar-refractivity contribution < 1.29 is 4.79 Å². The number of aromatic nitrogens is 1. The number of carbonyl (C=O) groups excluding carboxylic acids is 1. The van der Waals surface area contributed by atoms with Gasteiger partial charge in [-0.25, -0.2) is 0 Å². The minimum atomic E-state index is 0.208. The summed E-state index contributed by atoms with van der Waals surface area (Å²) in [5.41, 5.74) is 0.830. The Bertz CT molecular complexity index is 693. The molecule has 2 aromatic heterocycles. The summed E-state index contributed by atoms with van der Waals surface area (Å²) < 4.78 is 2.10. The van der Waals surface area contributed by atoms with E-state index in [1.807, 2.05) is 18.3 Å². The van der Waals surface area contributed by atoms with Gasteiger partial charge in [0.05, 0.1) is 6.54 Å².